The number of hydrogen-bond donors (Lipinski definition) is 2. The monoisotopic (exact) mass is 388 g/mol. The molecule has 1 aliphatic rings. The largest absolute Gasteiger partial charge is 0.324 e. The van der Waals surface area contributed by atoms with Gasteiger partial charge in [0.15, 0.2) is 5.82 Å². The van der Waals surface area contributed by atoms with E-state index in [2.05, 4.69) is 15.3 Å². The highest BCUT2D eigenvalue weighted by molar-refractivity contribution is 5.57. The molecule has 3 aromatic rings. The van der Waals surface area contributed by atoms with E-state index in [1.54, 1.807) is 11.5 Å². The fourth-order valence-corrected chi connectivity index (χ4v) is 3.50. The fraction of sp³-hybridized carbons (Fsp3) is 0.211. The van der Waals surface area contributed by atoms with Crippen molar-refractivity contribution in [3.8, 4) is 0 Å². The van der Waals surface area contributed by atoms with Crippen LogP contribution in [-0.2, 0) is 6.42 Å². The smallest absolute Gasteiger partial charge is 0.284 e. The molecule has 2 aromatic heterocycles. The van der Waals surface area contributed by atoms with Crippen molar-refractivity contribution in [3.05, 3.63) is 85.4 Å². The van der Waals surface area contributed by atoms with Crippen molar-refractivity contribution in [2.75, 3.05) is 5.32 Å². The molecule has 0 saturated heterocycles. The van der Waals surface area contributed by atoms with Crippen LogP contribution in [0.5, 0.6) is 0 Å². The van der Waals surface area contributed by atoms with Crippen molar-refractivity contribution in [2.24, 2.45) is 0 Å². The van der Waals surface area contributed by atoms with E-state index in [1.807, 2.05) is 0 Å². The Bertz CT molecular complexity index is 1200. The van der Waals surface area contributed by atoms with Crippen molar-refractivity contribution in [3.63, 3.8) is 0 Å². The molecule has 1 aliphatic heterocycles. The number of aryl methyl sites for hydroxylation is 2. The van der Waals surface area contributed by atoms with Gasteiger partial charge in [-0.25, -0.2) is 13.2 Å². The van der Waals surface area contributed by atoms with Gasteiger partial charge in [0.05, 0.1) is 11.7 Å². The second-order valence-corrected chi connectivity index (χ2v) is 6.61. The van der Waals surface area contributed by atoms with Crippen LogP contribution in [0.3, 0.4) is 0 Å². The number of rotatable bonds is 3. The van der Waals surface area contributed by atoms with Crippen LogP contribution in [0.25, 0.3) is 0 Å². The Balaban J connectivity index is 1.83. The number of aromatic nitrogens is 3. The van der Waals surface area contributed by atoms with E-state index in [-0.39, 0.29) is 17.2 Å². The third-order valence-electron chi connectivity index (χ3n) is 4.79. The molecule has 3 heterocycles. The highest BCUT2D eigenvalue weighted by Gasteiger charge is 2.29. The summed E-state index contributed by atoms with van der Waals surface area (Å²) in [6.45, 7) is 1.56. The van der Waals surface area contributed by atoms with E-state index >= 15 is 0 Å². The maximum absolute atomic E-state index is 14.4. The number of nitrogens with zero attached hydrogens (tertiary/aromatic N) is 2. The summed E-state index contributed by atoms with van der Waals surface area (Å²) in [5, 5.41) is 2.86. The zero-order valence-electron chi connectivity index (χ0n) is 14.7. The number of hydrogen-bond acceptors (Lipinski definition) is 4. The first kappa shape index (κ1) is 18.0. The molecular weight excluding hydrogens is 373 g/mol. The van der Waals surface area contributed by atoms with Crippen LogP contribution in [0.2, 0.25) is 0 Å². The Kier molecular flexibility index (Phi) is 4.29. The maximum Gasteiger partial charge on any atom is 0.284 e. The summed E-state index contributed by atoms with van der Waals surface area (Å²) in [4.78, 5) is 29.7. The summed E-state index contributed by atoms with van der Waals surface area (Å²) in [6.07, 6.45) is 0.980. The van der Waals surface area contributed by atoms with Gasteiger partial charge in [0, 0.05) is 35.2 Å². The molecule has 4 rings (SSSR count). The third-order valence-corrected chi connectivity index (χ3v) is 4.79. The molecule has 0 aliphatic carbocycles. The topological polar surface area (TPSA) is 79.8 Å². The van der Waals surface area contributed by atoms with Gasteiger partial charge in [-0.2, -0.15) is 4.98 Å². The minimum atomic E-state index is -0.992. The van der Waals surface area contributed by atoms with E-state index in [9.17, 15) is 22.8 Å². The fourth-order valence-electron chi connectivity index (χ4n) is 3.50. The molecule has 9 heteroatoms. The number of aromatic amines is 1. The average Bonchev–Trinajstić information content (AvgIpc) is 3.03. The second kappa shape index (κ2) is 6.66. The van der Waals surface area contributed by atoms with Gasteiger partial charge in [0.1, 0.15) is 11.6 Å². The number of fused-ring (bicyclic) bond motifs is 1. The van der Waals surface area contributed by atoms with Gasteiger partial charge in [-0.05, 0) is 25.8 Å². The highest BCUT2D eigenvalue weighted by Crippen LogP contribution is 2.35. The lowest BCUT2D eigenvalue weighted by molar-refractivity contribution is 0.530. The third kappa shape index (κ3) is 3.08. The molecule has 2 N–H and O–H groups in total. The molecule has 1 aromatic carbocycles. The Hall–Kier alpha value is -3.36. The summed E-state index contributed by atoms with van der Waals surface area (Å²) in [5.74, 6) is -2.29. The van der Waals surface area contributed by atoms with Gasteiger partial charge in [0.2, 0.25) is 5.95 Å². The highest BCUT2D eigenvalue weighted by atomic mass is 19.1. The van der Waals surface area contributed by atoms with Gasteiger partial charge in [-0.15, -0.1) is 0 Å². The Morgan fingerprint density at radius 1 is 1.14 bits per heavy atom. The SMILES string of the molecule is Cc1[nH]c(=O)c(F)cc1Nc1nc(=O)cc2n1C(c1ccc(F)cc1F)CC2. The predicted octanol–water partition coefficient (Wildman–Crippen LogP) is 2.94. The number of H-pyrrole nitrogens is 1. The maximum atomic E-state index is 14.4. The average molecular weight is 388 g/mol. The van der Waals surface area contributed by atoms with Crippen LogP contribution < -0.4 is 16.4 Å². The lowest BCUT2D eigenvalue weighted by Crippen LogP contribution is -2.21. The molecule has 6 nitrogen and oxygen atoms in total. The van der Waals surface area contributed by atoms with Crippen molar-refractivity contribution in [1.29, 1.82) is 0 Å². The summed E-state index contributed by atoms with van der Waals surface area (Å²) < 4.78 is 43.0. The first-order valence-electron chi connectivity index (χ1n) is 8.57. The zero-order valence-corrected chi connectivity index (χ0v) is 14.7. The van der Waals surface area contributed by atoms with Crippen molar-refractivity contribution < 1.29 is 13.2 Å². The molecule has 0 radical (unpaired) electrons. The van der Waals surface area contributed by atoms with Crippen molar-refractivity contribution >= 4 is 11.6 Å². The quantitative estimate of drug-likeness (QED) is 0.723. The first-order valence-corrected chi connectivity index (χ1v) is 8.57. The molecule has 0 bridgehead atoms. The number of anilines is 2. The molecular formula is C19H15F3N4O2. The summed E-state index contributed by atoms with van der Waals surface area (Å²) in [7, 11) is 0. The summed E-state index contributed by atoms with van der Waals surface area (Å²) >= 11 is 0. The van der Waals surface area contributed by atoms with Gasteiger partial charge in [0.25, 0.3) is 11.1 Å². The van der Waals surface area contributed by atoms with Crippen LogP contribution >= 0.6 is 0 Å². The van der Waals surface area contributed by atoms with Crippen LogP contribution in [0.1, 0.15) is 29.4 Å². The van der Waals surface area contributed by atoms with Gasteiger partial charge < -0.3 is 14.9 Å². The minimum absolute atomic E-state index is 0.0864. The Labute approximate surface area is 156 Å². The number of halogens is 3. The van der Waals surface area contributed by atoms with E-state index in [0.717, 1.165) is 12.1 Å². The van der Waals surface area contributed by atoms with Crippen LogP contribution in [0.15, 0.2) is 39.9 Å². The lowest BCUT2D eigenvalue weighted by atomic mass is 10.0. The van der Waals surface area contributed by atoms with Gasteiger partial charge >= 0.3 is 0 Å². The predicted molar refractivity (Wildman–Crippen MR) is 96.4 cm³/mol. The summed E-state index contributed by atoms with van der Waals surface area (Å²) in [5.41, 5.74) is 0.0857. The minimum Gasteiger partial charge on any atom is -0.324 e. The normalized spacial score (nSPS) is 15.5. The molecule has 28 heavy (non-hydrogen) atoms. The van der Waals surface area contributed by atoms with E-state index in [0.29, 0.717) is 24.2 Å². The molecule has 0 spiro atoms. The van der Waals surface area contributed by atoms with Gasteiger partial charge in [-0.1, -0.05) is 6.07 Å². The van der Waals surface area contributed by atoms with Crippen LogP contribution in [-0.4, -0.2) is 14.5 Å². The Morgan fingerprint density at radius 3 is 2.68 bits per heavy atom. The van der Waals surface area contributed by atoms with Crippen molar-refractivity contribution in [2.45, 2.75) is 25.8 Å². The molecule has 1 unspecified atom stereocenters. The van der Waals surface area contributed by atoms with E-state index in [1.165, 1.54) is 18.2 Å². The molecule has 1 atom stereocenters. The molecule has 0 amide bonds. The van der Waals surface area contributed by atoms with Gasteiger partial charge in [-0.3, -0.25) is 9.59 Å². The zero-order chi connectivity index (χ0) is 20.0. The Morgan fingerprint density at radius 2 is 1.93 bits per heavy atom. The molecule has 0 saturated carbocycles. The standard InChI is InChI=1S/C19H15F3N4O2/c1-9-15(8-14(22)18(28)23-9)24-19-25-17(27)7-11-3-5-16(26(11)19)12-4-2-10(20)6-13(12)21/h2,4,6-8,16H,3,5H2,1H3,(H,23,28)(H,24,25,27). The molecule has 0 fully saturated rings. The lowest BCUT2D eigenvalue weighted by Gasteiger charge is -2.21. The second-order valence-electron chi connectivity index (χ2n) is 6.61. The van der Waals surface area contributed by atoms with E-state index < -0.39 is 34.6 Å². The van der Waals surface area contributed by atoms with Crippen LogP contribution in [0.4, 0.5) is 24.8 Å². The van der Waals surface area contributed by atoms with Crippen LogP contribution in [0, 0.1) is 24.4 Å². The van der Waals surface area contributed by atoms with Crippen molar-refractivity contribution in [1.82, 2.24) is 14.5 Å². The van der Waals surface area contributed by atoms with E-state index in [4.69, 9.17) is 0 Å². The summed E-state index contributed by atoms with van der Waals surface area (Å²) in [6, 6.07) is 5.17. The number of nitrogens with one attached hydrogen (secondary N) is 2. The molecule has 144 valence electrons. The first-order chi connectivity index (χ1) is 13.3. The number of benzene rings is 1. The number of pyridine rings is 1.